The van der Waals surface area contributed by atoms with Gasteiger partial charge >= 0.3 is 0 Å². The molecule has 2 fully saturated rings. The van der Waals surface area contributed by atoms with Crippen LogP contribution in [-0.2, 0) is 9.47 Å². The quantitative estimate of drug-likeness (QED) is 0.441. The fraction of sp³-hybridized carbons (Fsp3) is 0.667. The van der Waals surface area contributed by atoms with Gasteiger partial charge in [0.15, 0.2) is 0 Å². The van der Waals surface area contributed by atoms with E-state index in [2.05, 4.69) is 0 Å². The van der Waals surface area contributed by atoms with Gasteiger partial charge in [0.25, 0.3) is 0 Å². The van der Waals surface area contributed by atoms with Gasteiger partial charge in [-0.15, -0.1) is 0 Å². The van der Waals surface area contributed by atoms with Gasteiger partial charge in [-0.2, -0.15) is 0 Å². The van der Waals surface area contributed by atoms with Crippen molar-refractivity contribution in [2.24, 2.45) is 0 Å². The molecule has 0 radical (unpaired) electrons. The highest BCUT2D eigenvalue weighted by Gasteiger charge is 2.62. The fourth-order valence-electron chi connectivity index (χ4n) is 1.38. The molecule has 1 aliphatic carbocycles. The Morgan fingerprint density at radius 1 is 1.33 bits per heavy atom. The molecule has 3 rings (SSSR count). The Morgan fingerprint density at radius 3 is 3.11 bits per heavy atom. The first-order valence-corrected chi connectivity index (χ1v) is 3.04. The number of halogens is 1. The maximum absolute atomic E-state index is 12.6. The third kappa shape index (κ3) is 0.426. The minimum Gasteiger partial charge on any atom is -0.362 e. The van der Waals surface area contributed by atoms with Crippen LogP contribution in [0.3, 0.4) is 0 Å². The molecule has 48 valence electrons. The third-order valence-electron chi connectivity index (χ3n) is 2.01. The van der Waals surface area contributed by atoms with Crippen molar-refractivity contribution < 1.29 is 13.9 Å². The second-order valence-corrected chi connectivity index (χ2v) is 2.64. The number of ether oxygens (including phenoxy) is 2. The van der Waals surface area contributed by atoms with Crippen LogP contribution in [0.4, 0.5) is 4.39 Å². The highest BCUT2D eigenvalue weighted by Crippen LogP contribution is 2.47. The molecule has 0 aromatic carbocycles. The van der Waals surface area contributed by atoms with E-state index in [1.165, 1.54) is 6.08 Å². The predicted octanol–water partition coefficient (Wildman–Crippen LogP) is 0.388. The van der Waals surface area contributed by atoms with Crippen molar-refractivity contribution in [2.75, 3.05) is 0 Å². The summed E-state index contributed by atoms with van der Waals surface area (Å²) in [5, 5.41) is 0. The molecule has 0 aromatic rings. The topological polar surface area (TPSA) is 25.1 Å². The van der Waals surface area contributed by atoms with Crippen LogP contribution in [0.15, 0.2) is 11.9 Å². The summed E-state index contributed by atoms with van der Waals surface area (Å²) in [4.78, 5) is 0. The van der Waals surface area contributed by atoms with Gasteiger partial charge in [-0.05, 0) is 6.08 Å². The second kappa shape index (κ2) is 1.07. The molecule has 4 atom stereocenters. The summed E-state index contributed by atoms with van der Waals surface area (Å²) in [5.41, 5.74) is 0. The normalized spacial score (nSPS) is 59.4. The summed E-state index contributed by atoms with van der Waals surface area (Å²) in [6, 6.07) is 0. The van der Waals surface area contributed by atoms with Crippen LogP contribution in [0.1, 0.15) is 0 Å². The molecule has 3 aliphatic rings. The van der Waals surface area contributed by atoms with Crippen molar-refractivity contribution >= 4 is 0 Å². The summed E-state index contributed by atoms with van der Waals surface area (Å²) in [6.07, 6.45) is 1.55. The smallest absolute Gasteiger partial charge is 0.138 e. The van der Waals surface area contributed by atoms with Gasteiger partial charge in [0.05, 0.1) is 0 Å². The molecule has 3 heteroatoms. The van der Waals surface area contributed by atoms with Gasteiger partial charge in [-0.25, -0.2) is 4.39 Å². The van der Waals surface area contributed by atoms with Crippen LogP contribution < -0.4 is 0 Å². The largest absolute Gasteiger partial charge is 0.362 e. The van der Waals surface area contributed by atoms with Gasteiger partial charge < -0.3 is 9.47 Å². The molecule has 2 saturated heterocycles. The average molecular weight is 128 g/mol. The molecular weight excluding hydrogens is 123 g/mol. The minimum absolute atomic E-state index is 0.0359. The number of hydrogen-bond donors (Lipinski definition) is 0. The second-order valence-electron chi connectivity index (χ2n) is 2.64. The molecule has 0 bridgehead atoms. The standard InChI is InChI=1S/C6H5FO2/c7-2-1-3-5(8-3)6-4(2)9-6/h1,3-6H/t3-,4-,5-,6-/m1/s1. The number of hydrogen-bond acceptors (Lipinski definition) is 2. The van der Waals surface area contributed by atoms with Crippen LogP contribution in [0, 0.1) is 0 Å². The Morgan fingerprint density at radius 2 is 2.22 bits per heavy atom. The first-order valence-electron chi connectivity index (χ1n) is 3.04. The third-order valence-corrected chi connectivity index (χ3v) is 2.01. The highest BCUT2D eigenvalue weighted by molar-refractivity contribution is 5.26. The maximum atomic E-state index is 12.6. The van der Waals surface area contributed by atoms with E-state index in [1.807, 2.05) is 0 Å². The Balaban J connectivity index is 2.03. The number of rotatable bonds is 0. The molecular formula is C6H5FO2. The number of fused-ring (bicyclic) bond motifs is 3. The predicted molar refractivity (Wildman–Crippen MR) is 26.5 cm³/mol. The highest BCUT2D eigenvalue weighted by atomic mass is 19.1. The average Bonchev–Trinajstić information content (AvgIpc) is 2.54. The molecule has 2 heterocycles. The van der Waals surface area contributed by atoms with E-state index < -0.39 is 0 Å². The van der Waals surface area contributed by atoms with Crippen molar-refractivity contribution in [2.45, 2.75) is 24.4 Å². The van der Waals surface area contributed by atoms with Crippen LogP contribution >= 0.6 is 0 Å². The summed E-state index contributed by atoms with van der Waals surface area (Å²) < 4.78 is 22.6. The van der Waals surface area contributed by atoms with Gasteiger partial charge in [-0.3, -0.25) is 0 Å². The number of epoxide rings is 2. The molecule has 2 aliphatic heterocycles. The zero-order chi connectivity index (χ0) is 6.01. The van der Waals surface area contributed by atoms with Gasteiger partial charge in [0.1, 0.15) is 30.2 Å². The maximum Gasteiger partial charge on any atom is 0.138 e. The Labute approximate surface area is 51.2 Å². The molecule has 0 spiro atoms. The molecule has 9 heavy (non-hydrogen) atoms. The monoisotopic (exact) mass is 128 g/mol. The van der Waals surface area contributed by atoms with Crippen LogP contribution in [0.25, 0.3) is 0 Å². The van der Waals surface area contributed by atoms with Crippen LogP contribution in [0.5, 0.6) is 0 Å². The van der Waals surface area contributed by atoms with E-state index in [1.54, 1.807) is 0 Å². The summed E-state index contributed by atoms with van der Waals surface area (Å²) in [5.74, 6) is -0.140. The molecule has 2 nitrogen and oxygen atoms in total. The summed E-state index contributed by atoms with van der Waals surface area (Å²) in [7, 11) is 0. The SMILES string of the molecule is FC1=C[C@H]2O[C@H]2[C@@H]2O[C@H]12. The minimum atomic E-state index is -0.242. The Bertz CT molecular complexity index is 201. The van der Waals surface area contributed by atoms with E-state index in [0.717, 1.165) is 0 Å². The van der Waals surface area contributed by atoms with Crippen molar-refractivity contribution in [1.29, 1.82) is 0 Å². The first kappa shape index (κ1) is 4.41. The van der Waals surface area contributed by atoms with Crippen molar-refractivity contribution in [3.05, 3.63) is 11.9 Å². The van der Waals surface area contributed by atoms with Gasteiger partial charge in [-0.1, -0.05) is 0 Å². The summed E-state index contributed by atoms with van der Waals surface area (Å²) in [6.45, 7) is 0. The van der Waals surface area contributed by atoms with Crippen LogP contribution in [-0.4, -0.2) is 24.4 Å². The van der Waals surface area contributed by atoms with Gasteiger partial charge in [0, 0.05) is 0 Å². The Kier molecular flexibility index (Phi) is 0.522. The van der Waals surface area contributed by atoms with Crippen LogP contribution in [0.2, 0.25) is 0 Å². The van der Waals surface area contributed by atoms with Crippen molar-refractivity contribution in [3.63, 3.8) is 0 Å². The molecule has 0 N–H and O–H groups in total. The van der Waals surface area contributed by atoms with E-state index in [4.69, 9.17) is 9.47 Å². The van der Waals surface area contributed by atoms with E-state index in [0.29, 0.717) is 0 Å². The lowest BCUT2D eigenvalue weighted by molar-refractivity contribution is 0.306. The zero-order valence-corrected chi connectivity index (χ0v) is 4.58. The lowest BCUT2D eigenvalue weighted by atomic mass is 10.1. The molecule has 0 saturated carbocycles. The van der Waals surface area contributed by atoms with E-state index in [9.17, 15) is 4.39 Å². The first-order chi connectivity index (χ1) is 4.36. The zero-order valence-electron chi connectivity index (χ0n) is 4.58. The fourth-order valence-corrected chi connectivity index (χ4v) is 1.38. The molecule has 0 aromatic heterocycles. The van der Waals surface area contributed by atoms with E-state index >= 15 is 0 Å². The van der Waals surface area contributed by atoms with Crippen molar-refractivity contribution in [3.8, 4) is 0 Å². The Hall–Kier alpha value is -0.410. The lowest BCUT2D eigenvalue weighted by Crippen LogP contribution is -2.10. The molecule has 0 unspecified atom stereocenters. The van der Waals surface area contributed by atoms with Crippen molar-refractivity contribution in [1.82, 2.24) is 0 Å². The van der Waals surface area contributed by atoms with E-state index in [-0.39, 0.29) is 30.2 Å². The molecule has 0 amide bonds. The van der Waals surface area contributed by atoms with Gasteiger partial charge in [0.2, 0.25) is 0 Å². The summed E-state index contributed by atoms with van der Waals surface area (Å²) >= 11 is 0. The lowest BCUT2D eigenvalue weighted by Gasteiger charge is -1.91.